The Morgan fingerprint density at radius 1 is 1.20 bits per heavy atom. The van der Waals surface area contributed by atoms with Gasteiger partial charge in [-0.05, 0) is 26.0 Å². The van der Waals surface area contributed by atoms with Crippen LogP contribution in [0, 0.1) is 6.92 Å². The second-order valence-electron chi connectivity index (χ2n) is 5.01. The molecule has 1 aromatic carbocycles. The third-order valence-electron chi connectivity index (χ3n) is 2.97. The predicted molar refractivity (Wildman–Crippen MR) is 88.6 cm³/mol. The van der Waals surface area contributed by atoms with E-state index in [-0.39, 0.29) is 18.8 Å². The number of rotatable bonds is 9. The summed E-state index contributed by atoms with van der Waals surface area (Å²) in [5, 5.41) is 6.06. The molecule has 1 aromatic heterocycles. The number of esters is 1. The fraction of sp³-hybridized carbons (Fsp3) is 0.353. The summed E-state index contributed by atoms with van der Waals surface area (Å²) >= 11 is 0. The molecule has 1 heterocycles. The first-order chi connectivity index (χ1) is 12.1. The lowest BCUT2D eigenvalue weighted by molar-refractivity contribution is -0.147. The zero-order valence-electron chi connectivity index (χ0n) is 14.1. The Bertz CT molecular complexity index is 713. The van der Waals surface area contributed by atoms with Gasteiger partial charge in [-0.1, -0.05) is 17.3 Å². The van der Waals surface area contributed by atoms with Crippen LogP contribution in [0.15, 0.2) is 34.9 Å². The van der Waals surface area contributed by atoms with E-state index in [2.05, 4.69) is 10.5 Å². The summed E-state index contributed by atoms with van der Waals surface area (Å²) in [6.45, 7) is 3.81. The van der Waals surface area contributed by atoms with Crippen LogP contribution < -0.4 is 14.8 Å². The van der Waals surface area contributed by atoms with E-state index in [1.54, 1.807) is 25.1 Å². The minimum atomic E-state index is -0.541. The Hall–Kier alpha value is -3.03. The van der Waals surface area contributed by atoms with E-state index < -0.39 is 18.5 Å². The first-order valence-corrected chi connectivity index (χ1v) is 7.82. The Labute approximate surface area is 145 Å². The van der Waals surface area contributed by atoms with E-state index in [1.807, 2.05) is 19.1 Å². The number of anilines is 1. The average molecular weight is 348 g/mol. The lowest BCUT2D eigenvalue weighted by atomic mass is 10.3. The topological polar surface area (TPSA) is 99.9 Å². The molecule has 0 atom stereocenters. The molecule has 0 saturated heterocycles. The third-order valence-corrected chi connectivity index (χ3v) is 2.97. The highest BCUT2D eigenvalue weighted by Crippen LogP contribution is 2.26. The highest BCUT2D eigenvalue weighted by molar-refractivity contribution is 5.91. The minimum absolute atomic E-state index is 0.0107. The van der Waals surface area contributed by atoms with Crippen molar-refractivity contribution in [2.45, 2.75) is 20.3 Å². The lowest BCUT2D eigenvalue weighted by Gasteiger charge is -2.11. The van der Waals surface area contributed by atoms with E-state index in [1.165, 1.54) is 0 Å². The maximum absolute atomic E-state index is 11.7. The number of nitrogens with zero attached hydrogens (tertiary/aromatic N) is 1. The van der Waals surface area contributed by atoms with Crippen molar-refractivity contribution in [3.05, 3.63) is 36.1 Å². The van der Waals surface area contributed by atoms with Gasteiger partial charge in [-0.3, -0.25) is 9.59 Å². The molecule has 8 nitrogen and oxygen atoms in total. The van der Waals surface area contributed by atoms with Crippen molar-refractivity contribution in [2.75, 3.05) is 25.1 Å². The second kappa shape index (κ2) is 9.31. The van der Waals surface area contributed by atoms with Crippen molar-refractivity contribution in [3.63, 3.8) is 0 Å². The molecule has 0 bridgehead atoms. The van der Waals surface area contributed by atoms with Crippen LogP contribution in [-0.2, 0) is 14.3 Å². The number of para-hydroxylation sites is 2. The summed E-state index contributed by atoms with van der Waals surface area (Å²) < 4.78 is 20.6. The van der Waals surface area contributed by atoms with Gasteiger partial charge in [-0.25, -0.2) is 0 Å². The van der Waals surface area contributed by atoms with Gasteiger partial charge in [0.15, 0.2) is 23.9 Å². The number of hydrogen-bond donors (Lipinski definition) is 1. The Morgan fingerprint density at radius 3 is 2.56 bits per heavy atom. The fourth-order valence-electron chi connectivity index (χ4n) is 1.91. The Balaban J connectivity index is 1.68. The van der Waals surface area contributed by atoms with Gasteiger partial charge in [-0.15, -0.1) is 0 Å². The number of carbonyl (C=O) groups excluding carboxylic acids is 2. The molecule has 0 radical (unpaired) electrons. The number of amides is 1. The molecule has 0 spiro atoms. The molecule has 0 fully saturated rings. The SMILES string of the molecule is CCOc1ccccc1OCCC(=O)OCC(=O)Nc1cc(C)on1. The smallest absolute Gasteiger partial charge is 0.309 e. The van der Waals surface area contributed by atoms with Crippen molar-refractivity contribution in [3.8, 4) is 11.5 Å². The minimum Gasteiger partial charge on any atom is -0.490 e. The second-order valence-corrected chi connectivity index (χ2v) is 5.01. The first kappa shape index (κ1) is 18.3. The summed E-state index contributed by atoms with van der Waals surface area (Å²) in [6.07, 6.45) is 0.0107. The number of nitrogens with one attached hydrogen (secondary N) is 1. The van der Waals surface area contributed by atoms with E-state index in [4.69, 9.17) is 18.7 Å². The van der Waals surface area contributed by atoms with Crippen LogP contribution >= 0.6 is 0 Å². The van der Waals surface area contributed by atoms with Gasteiger partial charge in [0.2, 0.25) is 0 Å². The van der Waals surface area contributed by atoms with Crippen LogP contribution in [-0.4, -0.2) is 36.9 Å². The molecule has 8 heteroatoms. The van der Waals surface area contributed by atoms with Crippen LogP contribution in [0.2, 0.25) is 0 Å². The molecule has 25 heavy (non-hydrogen) atoms. The highest BCUT2D eigenvalue weighted by atomic mass is 16.5. The van der Waals surface area contributed by atoms with Crippen LogP contribution in [0.5, 0.6) is 11.5 Å². The van der Waals surface area contributed by atoms with Crippen molar-refractivity contribution < 1.29 is 28.3 Å². The number of carbonyl (C=O) groups is 2. The highest BCUT2D eigenvalue weighted by Gasteiger charge is 2.11. The van der Waals surface area contributed by atoms with E-state index in [9.17, 15) is 9.59 Å². The van der Waals surface area contributed by atoms with Gasteiger partial charge in [0.05, 0.1) is 19.6 Å². The molecular weight excluding hydrogens is 328 g/mol. The molecule has 0 aliphatic heterocycles. The summed E-state index contributed by atoms with van der Waals surface area (Å²) in [6, 6.07) is 8.74. The van der Waals surface area contributed by atoms with Gasteiger partial charge in [-0.2, -0.15) is 0 Å². The quantitative estimate of drug-likeness (QED) is 0.694. The van der Waals surface area contributed by atoms with E-state index >= 15 is 0 Å². The van der Waals surface area contributed by atoms with Crippen molar-refractivity contribution in [1.29, 1.82) is 0 Å². The molecule has 1 N–H and O–H groups in total. The van der Waals surface area contributed by atoms with Gasteiger partial charge >= 0.3 is 5.97 Å². The van der Waals surface area contributed by atoms with Gasteiger partial charge in [0.25, 0.3) is 5.91 Å². The van der Waals surface area contributed by atoms with Crippen molar-refractivity contribution in [1.82, 2.24) is 5.16 Å². The largest absolute Gasteiger partial charge is 0.490 e. The van der Waals surface area contributed by atoms with E-state index in [0.29, 0.717) is 23.9 Å². The molecule has 1 amide bonds. The third kappa shape index (κ3) is 6.17. The molecule has 2 rings (SSSR count). The number of ether oxygens (including phenoxy) is 3. The van der Waals surface area contributed by atoms with Gasteiger partial charge in [0, 0.05) is 6.07 Å². The number of benzene rings is 1. The van der Waals surface area contributed by atoms with Crippen molar-refractivity contribution in [2.24, 2.45) is 0 Å². The predicted octanol–water partition coefficient (Wildman–Crippen LogP) is 2.33. The summed E-state index contributed by atoms with van der Waals surface area (Å²) in [5.74, 6) is 0.966. The Kier molecular flexibility index (Phi) is 6.82. The molecule has 0 aliphatic carbocycles. The first-order valence-electron chi connectivity index (χ1n) is 7.82. The maximum Gasteiger partial charge on any atom is 0.309 e. The van der Waals surface area contributed by atoms with Crippen LogP contribution in [0.4, 0.5) is 5.82 Å². The molecule has 2 aromatic rings. The number of aromatic nitrogens is 1. The van der Waals surface area contributed by atoms with Crippen LogP contribution in [0.1, 0.15) is 19.1 Å². The van der Waals surface area contributed by atoms with Gasteiger partial charge < -0.3 is 24.1 Å². The normalized spacial score (nSPS) is 10.2. The summed E-state index contributed by atoms with van der Waals surface area (Å²) in [4.78, 5) is 23.3. The van der Waals surface area contributed by atoms with Crippen molar-refractivity contribution >= 4 is 17.7 Å². The monoisotopic (exact) mass is 348 g/mol. The van der Waals surface area contributed by atoms with E-state index in [0.717, 1.165) is 0 Å². The zero-order valence-corrected chi connectivity index (χ0v) is 14.1. The molecule has 134 valence electrons. The van der Waals surface area contributed by atoms with Gasteiger partial charge in [0.1, 0.15) is 5.76 Å². The lowest BCUT2D eigenvalue weighted by Crippen LogP contribution is -2.21. The Morgan fingerprint density at radius 2 is 1.92 bits per heavy atom. The zero-order chi connectivity index (χ0) is 18.1. The molecule has 0 unspecified atom stereocenters. The number of hydrogen-bond acceptors (Lipinski definition) is 7. The molecule has 0 saturated carbocycles. The average Bonchev–Trinajstić information content (AvgIpc) is 2.99. The van der Waals surface area contributed by atoms with Crippen LogP contribution in [0.3, 0.4) is 0 Å². The number of aryl methyl sites for hydroxylation is 1. The maximum atomic E-state index is 11.7. The summed E-state index contributed by atoms with van der Waals surface area (Å²) in [5.41, 5.74) is 0. The summed E-state index contributed by atoms with van der Waals surface area (Å²) in [7, 11) is 0. The van der Waals surface area contributed by atoms with Crippen LogP contribution in [0.25, 0.3) is 0 Å². The fourth-order valence-corrected chi connectivity index (χ4v) is 1.91. The standard InChI is InChI=1S/C17H20N2O6/c1-3-22-13-6-4-5-7-14(13)23-9-8-17(21)24-11-16(20)18-15-10-12(2)25-19-15/h4-7,10H,3,8-9,11H2,1-2H3,(H,18,19,20). The molecular formula is C17H20N2O6. The molecule has 0 aliphatic rings.